The fraction of sp³-hybridized carbons (Fsp3) is 0.182. The highest BCUT2D eigenvalue weighted by atomic mass is 32.2. The summed E-state index contributed by atoms with van der Waals surface area (Å²) < 4.78 is 84.8. The van der Waals surface area contributed by atoms with Crippen molar-refractivity contribution in [3.63, 3.8) is 0 Å². The summed E-state index contributed by atoms with van der Waals surface area (Å²) in [5, 5.41) is 0.0925. The predicted molar refractivity (Wildman–Crippen MR) is 166 cm³/mol. The Kier molecular flexibility index (Phi) is 8.26. The molecule has 13 heteroatoms. The smallest absolute Gasteiger partial charge is 0.495 e. The number of halogens is 3. The molecular weight excluding hydrogens is 625 g/mol. The molecule has 0 spiro atoms. The van der Waals surface area contributed by atoms with Crippen molar-refractivity contribution >= 4 is 32.5 Å². The van der Waals surface area contributed by atoms with Crippen LogP contribution in [0.15, 0.2) is 111 Å². The molecule has 0 amide bonds. The van der Waals surface area contributed by atoms with E-state index in [0.717, 1.165) is 67.6 Å². The van der Waals surface area contributed by atoms with Crippen LogP contribution in [0.25, 0.3) is 22.3 Å². The van der Waals surface area contributed by atoms with Crippen LogP contribution in [0.2, 0.25) is 0 Å². The van der Waals surface area contributed by atoms with Crippen LogP contribution in [0.5, 0.6) is 17.2 Å². The van der Waals surface area contributed by atoms with Crippen molar-refractivity contribution < 1.29 is 39.7 Å². The van der Waals surface area contributed by atoms with E-state index in [1.807, 2.05) is 36.4 Å². The summed E-state index contributed by atoms with van der Waals surface area (Å²) in [5.74, 6) is -0.493. The number of hydrogen-bond donors (Lipinski definition) is 0. The molecule has 6 rings (SSSR count). The fourth-order valence-electron chi connectivity index (χ4n) is 5.28. The van der Waals surface area contributed by atoms with E-state index in [9.17, 15) is 26.4 Å². The summed E-state index contributed by atoms with van der Waals surface area (Å²) in [6.07, 6.45) is -4.95. The lowest BCUT2D eigenvalue weighted by Crippen LogP contribution is -2.46. The summed E-state index contributed by atoms with van der Waals surface area (Å²) in [7, 11) is -3.03. The van der Waals surface area contributed by atoms with E-state index in [4.69, 9.17) is 13.3 Å². The quantitative estimate of drug-likeness (QED) is 0.175. The van der Waals surface area contributed by atoms with Crippen LogP contribution in [-0.2, 0) is 10.1 Å². The number of para-hydroxylation sites is 3. The van der Waals surface area contributed by atoms with Crippen molar-refractivity contribution in [3.05, 3.63) is 107 Å². The van der Waals surface area contributed by atoms with E-state index in [-0.39, 0.29) is 16.7 Å². The lowest BCUT2D eigenvalue weighted by molar-refractivity contribution is -0.274. The van der Waals surface area contributed by atoms with E-state index in [0.29, 0.717) is 5.56 Å². The van der Waals surface area contributed by atoms with Gasteiger partial charge in [-0.1, -0.05) is 24.3 Å². The molecule has 0 N–H and O–H groups in total. The molecule has 1 aromatic heterocycles. The maximum atomic E-state index is 13.5. The highest BCUT2D eigenvalue weighted by molar-refractivity contribution is 7.87. The van der Waals surface area contributed by atoms with Gasteiger partial charge in [0.2, 0.25) is 11.2 Å². The maximum absolute atomic E-state index is 13.5. The Bertz CT molecular complexity index is 2020. The molecule has 0 radical (unpaired) electrons. The number of nitrogens with zero attached hydrogens (tertiary/aromatic N) is 2. The first-order valence-corrected chi connectivity index (χ1v) is 15.5. The van der Waals surface area contributed by atoms with E-state index >= 15 is 0 Å². The van der Waals surface area contributed by atoms with Gasteiger partial charge in [0.05, 0.1) is 18.2 Å². The zero-order chi connectivity index (χ0) is 32.5. The summed E-state index contributed by atoms with van der Waals surface area (Å²) >= 11 is 0. The molecule has 0 aliphatic carbocycles. The molecule has 46 heavy (non-hydrogen) atoms. The molecule has 0 saturated carbocycles. The molecular formula is C33H27F3N2O7S. The number of hydrogen-bond acceptors (Lipinski definition) is 9. The summed E-state index contributed by atoms with van der Waals surface area (Å²) in [6.45, 7) is 3.01. The van der Waals surface area contributed by atoms with Gasteiger partial charge < -0.3 is 27.9 Å². The van der Waals surface area contributed by atoms with Gasteiger partial charge in [0.1, 0.15) is 22.0 Å². The molecule has 0 unspecified atom stereocenters. The average molecular weight is 653 g/mol. The largest absolute Gasteiger partial charge is 0.573 e. The average Bonchev–Trinajstić information content (AvgIpc) is 3.05. The second-order valence-electron chi connectivity index (χ2n) is 10.3. The van der Waals surface area contributed by atoms with Crippen molar-refractivity contribution in [2.75, 3.05) is 43.1 Å². The lowest BCUT2D eigenvalue weighted by atomic mass is 10.1. The molecule has 5 aromatic rings. The third-order valence-corrected chi connectivity index (χ3v) is 8.73. The molecule has 0 bridgehead atoms. The summed E-state index contributed by atoms with van der Waals surface area (Å²) in [6, 6.07) is 24.7. The SMILES string of the molecule is COc1ccccc1N1CCN(c2ccc(-c3oc4ccccc4c(=O)c3OS(=O)(=O)c3ccc(OC(F)(F)F)cc3)cc2)CC1. The number of anilines is 2. The predicted octanol–water partition coefficient (Wildman–Crippen LogP) is 6.46. The van der Waals surface area contributed by atoms with E-state index in [2.05, 4.69) is 14.5 Å². The number of methoxy groups -OCH3 is 1. The Morgan fingerprint density at radius 2 is 1.41 bits per heavy atom. The Labute approximate surface area is 262 Å². The summed E-state index contributed by atoms with van der Waals surface area (Å²) in [5.41, 5.74) is 1.83. The van der Waals surface area contributed by atoms with Crippen molar-refractivity contribution in [3.8, 4) is 28.6 Å². The molecule has 238 valence electrons. The van der Waals surface area contributed by atoms with Gasteiger partial charge in [-0.15, -0.1) is 13.2 Å². The number of benzene rings is 4. The number of alkyl halides is 3. The van der Waals surface area contributed by atoms with Gasteiger partial charge >= 0.3 is 16.5 Å². The number of fused-ring (bicyclic) bond motifs is 1. The second-order valence-corrected chi connectivity index (χ2v) is 11.9. The van der Waals surface area contributed by atoms with Crippen molar-refractivity contribution in [1.29, 1.82) is 0 Å². The van der Waals surface area contributed by atoms with Gasteiger partial charge in [0, 0.05) is 37.4 Å². The first kappa shape index (κ1) is 30.8. The van der Waals surface area contributed by atoms with Crippen molar-refractivity contribution in [1.82, 2.24) is 0 Å². The Hall–Kier alpha value is -5.17. The van der Waals surface area contributed by atoms with Crippen LogP contribution in [0.4, 0.5) is 24.5 Å². The Morgan fingerprint density at radius 1 is 0.783 bits per heavy atom. The zero-order valence-electron chi connectivity index (χ0n) is 24.4. The van der Waals surface area contributed by atoms with Crippen LogP contribution in [0, 0.1) is 0 Å². The zero-order valence-corrected chi connectivity index (χ0v) is 25.2. The number of ether oxygens (including phenoxy) is 2. The number of piperazine rings is 1. The molecule has 1 aliphatic heterocycles. The molecule has 9 nitrogen and oxygen atoms in total. The van der Waals surface area contributed by atoms with Crippen LogP contribution >= 0.6 is 0 Å². The molecule has 1 saturated heterocycles. The van der Waals surface area contributed by atoms with Crippen LogP contribution in [0.1, 0.15) is 0 Å². The minimum Gasteiger partial charge on any atom is -0.495 e. The molecule has 4 aromatic carbocycles. The third-order valence-electron chi connectivity index (χ3n) is 7.50. The van der Waals surface area contributed by atoms with Crippen LogP contribution < -0.4 is 28.9 Å². The van der Waals surface area contributed by atoms with Gasteiger partial charge in [-0.05, 0) is 72.8 Å². The van der Waals surface area contributed by atoms with E-state index in [1.165, 1.54) is 6.07 Å². The Balaban J connectivity index is 1.27. The van der Waals surface area contributed by atoms with Gasteiger partial charge in [-0.3, -0.25) is 4.79 Å². The second kappa shape index (κ2) is 12.3. The highest BCUT2D eigenvalue weighted by Gasteiger charge is 2.31. The monoisotopic (exact) mass is 652 g/mol. The maximum Gasteiger partial charge on any atom is 0.573 e. The normalized spacial score (nSPS) is 13.9. The standard InChI is InChI=1S/C33H27F3N2O7S/c1-42-29-9-5-3-7-27(29)38-20-18-37(19-21-38)23-12-10-22(11-13-23)31-32(30(39)26-6-2-4-8-28(26)43-31)45-46(40,41)25-16-14-24(15-17-25)44-33(34,35)36/h2-17H,18-21H2,1H3. The minimum atomic E-state index is -4.95. The van der Waals surface area contributed by atoms with Crippen LogP contribution in [-0.4, -0.2) is 48.1 Å². The fourth-order valence-corrected chi connectivity index (χ4v) is 6.21. The van der Waals surface area contributed by atoms with Gasteiger partial charge in [0.25, 0.3) is 0 Å². The van der Waals surface area contributed by atoms with E-state index in [1.54, 1.807) is 37.4 Å². The van der Waals surface area contributed by atoms with Crippen molar-refractivity contribution in [2.45, 2.75) is 11.3 Å². The van der Waals surface area contributed by atoms with Crippen LogP contribution in [0.3, 0.4) is 0 Å². The highest BCUT2D eigenvalue weighted by Crippen LogP contribution is 2.35. The van der Waals surface area contributed by atoms with E-state index < -0.39 is 38.3 Å². The number of rotatable bonds is 8. The first-order chi connectivity index (χ1) is 22.0. The lowest BCUT2D eigenvalue weighted by Gasteiger charge is -2.37. The Morgan fingerprint density at radius 3 is 2.09 bits per heavy atom. The van der Waals surface area contributed by atoms with Gasteiger partial charge in [-0.25, -0.2) is 0 Å². The molecule has 1 aliphatic rings. The van der Waals surface area contributed by atoms with Crippen molar-refractivity contribution in [2.24, 2.45) is 0 Å². The third kappa shape index (κ3) is 6.45. The topological polar surface area (TPSA) is 98.5 Å². The molecule has 0 atom stereocenters. The minimum absolute atomic E-state index is 0.0925. The van der Waals surface area contributed by atoms with Gasteiger partial charge in [-0.2, -0.15) is 8.42 Å². The van der Waals surface area contributed by atoms with Gasteiger partial charge in [0.15, 0.2) is 5.76 Å². The summed E-state index contributed by atoms with van der Waals surface area (Å²) in [4.78, 5) is 17.5. The molecule has 2 heterocycles. The molecule has 1 fully saturated rings. The first-order valence-electron chi connectivity index (χ1n) is 14.1.